The lowest BCUT2D eigenvalue weighted by atomic mass is 9.99. The first kappa shape index (κ1) is 20.4. The SMILES string of the molecule is C1=C[C@@H]2CCC3=CCC[C@@H]3P(c3ccccc3P3C4CC=C[C@@H]4CCC4=CCC[C@@H]43)C2C1. The molecular formula is C30H36P2. The predicted octanol–water partition coefficient (Wildman–Crippen LogP) is 7.56. The molecule has 0 saturated carbocycles. The van der Waals surface area contributed by atoms with Crippen LogP contribution in [0.1, 0.15) is 64.2 Å². The quantitative estimate of drug-likeness (QED) is 0.317. The Morgan fingerprint density at radius 1 is 0.625 bits per heavy atom. The Kier molecular flexibility index (Phi) is 5.34. The number of rotatable bonds is 2. The van der Waals surface area contributed by atoms with Crippen molar-refractivity contribution in [3.8, 4) is 0 Å². The van der Waals surface area contributed by atoms with E-state index in [2.05, 4.69) is 60.7 Å². The minimum absolute atomic E-state index is 0.119. The standard InChI is InChI=1S/C30H36P2/c1-2-12-30(32-27-15-5-9-23(27)19-20-24-10-6-16-28(24)32)29(11-1)31-25-13-3-7-21(25)17-18-22-8-4-14-26(22)31/h1-3,5,7-12,21,23,25-28H,4,6,13-20H2/t21-,23-,25?,26+,27?,28+,31?,32?/m1/s1. The topological polar surface area (TPSA) is 0 Å². The van der Waals surface area contributed by atoms with Crippen LogP contribution >= 0.6 is 15.8 Å². The fraction of sp³-hybridized carbons (Fsp3) is 0.533. The van der Waals surface area contributed by atoms with E-state index in [0.717, 1.165) is 34.5 Å². The molecule has 4 aliphatic carbocycles. The normalized spacial score (nSPS) is 41.9. The summed E-state index contributed by atoms with van der Waals surface area (Å²) >= 11 is 0. The van der Waals surface area contributed by atoms with Gasteiger partial charge in [-0.25, -0.2) is 0 Å². The highest BCUT2D eigenvalue weighted by molar-refractivity contribution is 7.73. The molecule has 1 aromatic carbocycles. The predicted molar refractivity (Wildman–Crippen MR) is 142 cm³/mol. The van der Waals surface area contributed by atoms with E-state index in [9.17, 15) is 0 Å². The van der Waals surface area contributed by atoms with E-state index in [1.54, 1.807) is 0 Å². The summed E-state index contributed by atoms with van der Waals surface area (Å²) in [6.07, 6.45) is 29.4. The molecule has 0 aromatic heterocycles. The maximum atomic E-state index is 2.65. The molecule has 8 atom stereocenters. The minimum Gasteiger partial charge on any atom is -0.0876 e. The Morgan fingerprint density at radius 2 is 1.12 bits per heavy atom. The number of fused-ring (bicyclic) bond motifs is 4. The van der Waals surface area contributed by atoms with E-state index in [1.807, 2.05) is 21.8 Å². The molecule has 0 bridgehead atoms. The van der Waals surface area contributed by atoms with Crippen LogP contribution in [-0.2, 0) is 0 Å². The van der Waals surface area contributed by atoms with Crippen LogP contribution < -0.4 is 10.6 Å². The summed E-state index contributed by atoms with van der Waals surface area (Å²) in [5.41, 5.74) is 7.25. The molecule has 6 aliphatic rings. The van der Waals surface area contributed by atoms with Gasteiger partial charge in [-0.05, 0) is 98.0 Å². The molecule has 2 heterocycles. The largest absolute Gasteiger partial charge is 0.0876 e. The maximum Gasteiger partial charge on any atom is 0.00467 e. The van der Waals surface area contributed by atoms with Gasteiger partial charge in [-0.1, -0.05) is 87.7 Å². The molecule has 4 unspecified atom stereocenters. The molecule has 0 nitrogen and oxygen atoms in total. The molecule has 2 heteroatoms. The Bertz CT molecular complexity index is 932. The molecule has 2 fully saturated rings. The van der Waals surface area contributed by atoms with Crippen molar-refractivity contribution in [2.24, 2.45) is 11.8 Å². The van der Waals surface area contributed by atoms with E-state index >= 15 is 0 Å². The van der Waals surface area contributed by atoms with Gasteiger partial charge in [-0.3, -0.25) is 0 Å². The van der Waals surface area contributed by atoms with Gasteiger partial charge in [0.05, 0.1) is 0 Å². The number of hydrogen-bond donors (Lipinski definition) is 0. The van der Waals surface area contributed by atoms with Crippen LogP contribution in [0.4, 0.5) is 0 Å². The second kappa shape index (κ2) is 8.36. The van der Waals surface area contributed by atoms with Crippen molar-refractivity contribution >= 4 is 26.5 Å². The van der Waals surface area contributed by atoms with E-state index < -0.39 is 0 Å². The van der Waals surface area contributed by atoms with E-state index in [1.165, 1.54) is 64.2 Å². The Morgan fingerprint density at radius 3 is 1.62 bits per heavy atom. The van der Waals surface area contributed by atoms with Crippen molar-refractivity contribution < 1.29 is 0 Å². The highest BCUT2D eigenvalue weighted by atomic mass is 31.1. The molecule has 1 aromatic rings. The summed E-state index contributed by atoms with van der Waals surface area (Å²) in [6.45, 7) is 0. The third-order valence-electron chi connectivity index (χ3n) is 9.42. The van der Waals surface area contributed by atoms with Crippen molar-refractivity contribution in [3.63, 3.8) is 0 Å². The van der Waals surface area contributed by atoms with Gasteiger partial charge in [0.1, 0.15) is 0 Å². The van der Waals surface area contributed by atoms with Crippen LogP contribution in [0.15, 0.2) is 71.9 Å². The summed E-state index contributed by atoms with van der Waals surface area (Å²) < 4.78 is 0. The molecule has 2 aliphatic heterocycles. The minimum atomic E-state index is -0.119. The first-order valence-corrected chi connectivity index (χ1v) is 16.2. The summed E-state index contributed by atoms with van der Waals surface area (Å²) in [5.74, 6) is 1.68. The number of hydrogen-bond acceptors (Lipinski definition) is 0. The average molecular weight is 459 g/mol. The van der Waals surface area contributed by atoms with Crippen molar-refractivity contribution in [2.75, 3.05) is 0 Å². The molecule has 0 spiro atoms. The van der Waals surface area contributed by atoms with Crippen molar-refractivity contribution in [2.45, 2.75) is 86.8 Å². The average Bonchev–Trinajstić information content (AvgIpc) is 3.61. The van der Waals surface area contributed by atoms with E-state index in [-0.39, 0.29) is 15.8 Å². The van der Waals surface area contributed by atoms with E-state index in [0.29, 0.717) is 0 Å². The highest BCUT2D eigenvalue weighted by Crippen LogP contribution is 2.64. The third kappa shape index (κ3) is 3.23. The molecule has 0 amide bonds. The molecule has 166 valence electrons. The molecule has 0 radical (unpaired) electrons. The van der Waals surface area contributed by atoms with Gasteiger partial charge in [-0.2, -0.15) is 0 Å². The maximum absolute atomic E-state index is 2.65. The summed E-state index contributed by atoms with van der Waals surface area (Å²) in [7, 11) is -0.238. The molecule has 2 saturated heterocycles. The second-order valence-electron chi connectivity index (χ2n) is 10.9. The zero-order valence-electron chi connectivity index (χ0n) is 19.2. The van der Waals surface area contributed by atoms with Gasteiger partial charge >= 0.3 is 0 Å². The van der Waals surface area contributed by atoms with Crippen molar-refractivity contribution in [1.82, 2.24) is 0 Å². The molecule has 7 rings (SSSR count). The van der Waals surface area contributed by atoms with Crippen LogP contribution in [-0.4, -0.2) is 22.6 Å². The van der Waals surface area contributed by atoms with Gasteiger partial charge in [0.15, 0.2) is 0 Å². The lowest BCUT2D eigenvalue weighted by Gasteiger charge is -2.39. The lowest BCUT2D eigenvalue weighted by Crippen LogP contribution is -2.35. The zero-order valence-corrected chi connectivity index (χ0v) is 21.0. The molecule has 0 N–H and O–H groups in total. The van der Waals surface area contributed by atoms with Gasteiger partial charge < -0.3 is 0 Å². The Labute approximate surface area is 196 Å². The van der Waals surface area contributed by atoms with Crippen LogP contribution in [0.5, 0.6) is 0 Å². The first-order chi connectivity index (χ1) is 15.9. The van der Waals surface area contributed by atoms with Crippen LogP contribution in [0.25, 0.3) is 0 Å². The molecule has 32 heavy (non-hydrogen) atoms. The number of allylic oxidation sites excluding steroid dienone is 8. The zero-order chi connectivity index (χ0) is 21.1. The van der Waals surface area contributed by atoms with Gasteiger partial charge in [0.2, 0.25) is 0 Å². The monoisotopic (exact) mass is 458 g/mol. The van der Waals surface area contributed by atoms with Crippen molar-refractivity contribution in [1.29, 1.82) is 0 Å². The lowest BCUT2D eigenvalue weighted by molar-refractivity contribution is 0.595. The summed E-state index contributed by atoms with van der Waals surface area (Å²) in [4.78, 5) is 0. The Hall–Kier alpha value is -0.960. The summed E-state index contributed by atoms with van der Waals surface area (Å²) in [6, 6.07) is 10.0. The van der Waals surface area contributed by atoms with E-state index in [4.69, 9.17) is 0 Å². The van der Waals surface area contributed by atoms with Crippen LogP contribution in [0.2, 0.25) is 0 Å². The fourth-order valence-electron chi connectivity index (χ4n) is 8.00. The smallest absolute Gasteiger partial charge is 0.00467 e. The fourth-order valence-corrected chi connectivity index (χ4v) is 16.3. The first-order valence-electron chi connectivity index (χ1n) is 13.3. The highest BCUT2D eigenvalue weighted by Gasteiger charge is 2.46. The third-order valence-corrected chi connectivity index (χ3v) is 16.6. The van der Waals surface area contributed by atoms with Crippen molar-refractivity contribution in [3.05, 3.63) is 71.9 Å². The van der Waals surface area contributed by atoms with Crippen LogP contribution in [0, 0.1) is 11.8 Å². The Balaban J connectivity index is 1.36. The van der Waals surface area contributed by atoms with Gasteiger partial charge in [-0.15, -0.1) is 0 Å². The molecular weight excluding hydrogens is 422 g/mol. The number of benzene rings is 1. The van der Waals surface area contributed by atoms with Crippen LogP contribution in [0.3, 0.4) is 0 Å². The van der Waals surface area contributed by atoms with Gasteiger partial charge in [0.25, 0.3) is 0 Å². The van der Waals surface area contributed by atoms with Gasteiger partial charge in [0, 0.05) is 11.3 Å². The summed E-state index contributed by atoms with van der Waals surface area (Å²) in [5, 5.41) is 3.71. The second-order valence-corrected chi connectivity index (χ2v) is 16.1.